The van der Waals surface area contributed by atoms with E-state index in [0.29, 0.717) is 19.3 Å². The highest BCUT2D eigenvalue weighted by molar-refractivity contribution is 7.47. The number of carbonyl (C=O) groups excluding carboxylic acids is 2. The van der Waals surface area contributed by atoms with Gasteiger partial charge in [-0.25, -0.2) is 4.57 Å². The Morgan fingerprint density at radius 1 is 0.603 bits per heavy atom. The van der Waals surface area contributed by atoms with Crippen molar-refractivity contribution in [2.45, 2.75) is 161 Å². The number of aliphatic hydroxyl groups excluding tert-OH is 1. The van der Waals surface area contributed by atoms with E-state index >= 15 is 0 Å². The second-order valence-electron chi connectivity index (χ2n) is 14.1. The quantitative estimate of drug-likeness (QED) is 0.0179. The number of ether oxygens (including phenoxy) is 2. The van der Waals surface area contributed by atoms with Crippen LogP contribution in [0.2, 0.25) is 0 Å². The summed E-state index contributed by atoms with van der Waals surface area (Å²) >= 11 is 0. The number of hydrogen-bond acceptors (Lipinski definition) is 9. The Labute approximate surface area is 351 Å². The SMILES string of the molecule is CCCCC/C=C\C/C=C\C/C=C\C/C=C\CCCCCC(=O)O[C@H](COC(=O)CCC/C=C\C/C=C\C/C=C\C=C\[C@H](O)CCCCC)COP(=O)(O)OCCN. The van der Waals surface area contributed by atoms with Crippen LogP contribution in [0.5, 0.6) is 0 Å². The Kier molecular flexibility index (Phi) is 39.8. The number of unbranched alkanes of at least 4 members (excludes halogenated alkanes) is 9. The third-order valence-electron chi connectivity index (χ3n) is 8.55. The number of phosphoric ester groups is 1. The van der Waals surface area contributed by atoms with Gasteiger partial charge in [0.25, 0.3) is 0 Å². The molecule has 0 rings (SSSR count). The largest absolute Gasteiger partial charge is 0.472 e. The Balaban J connectivity index is 4.38. The molecule has 0 fully saturated rings. The summed E-state index contributed by atoms with van der Waals surface area (Å²) in [5.74, 6) is -0.967. The normalized spacial score (nSPS) is 14.8. The van der Waals surface area contributed by atoms with Crippen molar-refractivity contribution in [3.8, 4) is 0 Å². The van der Waals surface area contributed by atoms with Gasteiger partial charge in [0.1, 0.15) is 6.61 Å². The molecule has 0 bridgehead atoms. The highest BCUT2D eigenvalue weighted by atomic mass is 31.2. The van der Waals surface area contributed by atoms with Crippen LogP contribution in [0.4, 0.5) is 0 Å². The molecule has 4 N–H and O–H groups in total. The molecule has 0 aliphatic carbocycles. The van der Waals surface area contributed by atoms with Crippen LogP contribution in [-0.4, -0.2) is 60.5 Å². The molecule has 1 unspecified atom stereocenters. The van der Waals surface area contributed by atoms with Gasteiger partial charge in [-0.3, -0.25) is 18.6 Å². The van der Waals surface area contributed by atoms with Crippen LogP contribution in [-0.2, 0) is 32.7 Å². The maximum Gasteiger partial charge on any atom is 0.472 e. The Bertz CT molecular complexity index is 1280. The Hall–Kier alpha value is -3.11. The molecule has 0 aromatic carbocycles. The van der Waals surface area contributed by atoms with Crippen LogP contribution < -0.4 is 5.73 Å². The fourth-order valence-corrected chi connectivity index (χ4v) is 6.01. The molecular weight excluding hydrogens is 753 g/mol. The summed E-state index contributed by atoms with van der Waals surface area (Å²) in [6, 6.07) is 0. The van der Waals surface area contributed by atoms with E-state index in [1.807, 2.05) is 36.5 Å². The van der Waals surface area contributed by atoms with Gasteiger partial charge in [-0.05, 0) is 83.5 Å². The first-order chi connectivity index (χ1) is 28.2. The maximum absolute atomic E-state index is 12.6. The van der Waals surface area contributed by atoms with Gasteiger partial charge in [0.15, 0.2) is 6.10 Å². The monoisotopic (exact) mass is 832 g/mol. The Morgan fingerprint density at radius 3 is 1.71 bits per heavy atom. The first-order valence-electron chi connectivity index (χ1n) is 21.8. The number of hydrogen-bond donors (Lipinski definition) is 3. The molecular formula is C47H78NO9P. The lowest BCUT2D eigenvalue weighted by Gasteiger charge is -2.19. The zero-order valence-electron chi connectivity index (χ0n) is 35.8. The van der Waals surface area contributed by atoms with E-state index in [9.17, 15) is 24.2 Å². The van der Waals surface area contributed by atoms with Crippen LogP contribution in [0.25, 0.3) is 0 Å². The maximum atomic E-state index is 12.6. The molecule has 0 aromatic heterocycles. The minimum Gasteiger partial charge on any atom is -0.462 e. The van der Waals surface area contributed by atoms with Crippen molar-refractivity contribution in [1.29, 1.82) is 0 Å². The zero-order valence-corrected chi connectivity index (χ0v) is 36.7. The van der Waals surface area contributed by atoms with Crippen LogP contribution in [0, 0.1) is 0 Å². The van der Waals surface area contributed by atoms with Gasteiger partial charge in [0, 0.05) is 19.4 Å². The van der Waals surface area contributed by atoms with Crippen LogP contribution in [0.3, 0.4) is 0 Å². The summed E-state index contributed by atoms with van der Waals surface area (Å²) in [5, 5.41) is 9.89. The van der Waals surface area contributed by atoms with Gasteiger partial charge < -0.3 is 25.2 Å². The summed E-state index contributed by atoms with van der Waals surface area (Å²) < 4.78 is 32.7. The number of rotatable bonds is 39. The second kappa shape index (κ2) is 42.0. The van der Waals surface area contributed by atoms with Gasteiger partial charge in [0.05, 0.1) is 19.3 Å². The van der Waals surface area contributed by atoms with Crippen molar-refractivity contribution in [2.24, 2.45) is 5.73 Å². The van der Waals surface area contributed by atoms with Gasteiger partial charge in [-0.2, -0.15) is 0 Å². The first kappa shape index (κ1) is 54.9. The highest BCUT2D eigenvalue weighted by Gasteiger charge is 2.25. The smallest absolute Gasteiger partial charge is 0.462 e. The molecule has 0 saturated carbocycles. The lowest BCUT2D eigenvalue weighted by atomic mass is 10.1. The lowest BCUT2D eigenvalue weighted by Crippen LogP contribution is -2.29. The molecule has 0 aliphatic rings. The molecule has 11 heteroatoms. The van der Waals surface area contributed by atoms with E-state index in [1.165, 1.54) is 25.7 Å². The number of phosphoric acid groups is 1. The van der Waals surface area contributed by atoms with Crippen molar-refractivity contribution in [3.05, 3.63) is 97.2 Å². The van der Waals surface area contributed by atoms with Crippen LogP contribution in [0.1, 0.15) is 149 Å². The van der Waals surface area contributed by atoms with Crippen LogP contribution >= 0.6 is 7.82 Å². The van der Waals surface area contributed by atoms with E-state index in [2.05, 4.69) is 74.6 Å². The highest BCUT2D eigenvalue weighted by Crippen LogP contribution is 2.43. The molecule has 58 heavy (non-hydrogen) atoms. The predicted molar refractivity (Wildman–Crippen MR) is 239 cm³/mol. The zero-order chi connectivity index (χ0) is 42.6. The second-order valence-corrected chi connectivity index (χ2v) is 15.5. The van der Waals surface area contributed by atoms with E-state index in [-0.39, 0.29) is 38.7 Å². The molecule has 330 valence electrons. The van der Waals surface area contributed by atoms with Crippen molar-refractivity contribution in [1.82, 2.24) is 0 Å². The van der Waals surface area contributed by atoms with E-state index in [0.717, 1.165) is 77.0 Å². The number of allylic oxidation sites excluding steroid dienone is 15. The standard InChI is InChI=1S/C47H78NO9P/c1-3-5-7-8-9-10-11-12-13-14-15-16-17-18-21-25-28-31-35-39-47(51)57-45(43-56-58(52,53)55-41-40-48)42-54-46(50)38-34-30-27-24-22-19-20-23-26-29-33-37-44(49)36-32-6-4-2/h9-10,12-13,15-16,18-21,24,26-27,29,33,37,44-45,49H,3-8,11,14,17,22-23,25,28,30-32,34-36,38-43,48H2,1-2H3,(H,52,53)/b10-9-,13-12-,16-15-,20-19-,21-18-,27-24-,29-26-,37-33+/t44-,45-/m1/s1. The van der Waals surface area contributed by atoms with Crippen molar-refractivity contribution >= 4 is 19.8 Å². The average Bonchev–Trinajstić information content (AvgIpc) is 3.20. The van der Waals surface area contributed by atoms with Crippen molar-refractivity contribution < 1.29 is 42.7 Å². The number of nitrogens with two attached hydrogens (primary N) is 1. The van der Waals surface area contributed by atoms with Crippen molar-refractivity contribution in [3.63, 3.8) is 0 Å². The van der Waals surface area contributed by atoms with E-state index in [1.54, 1.807) is 0 Å². The summed E-state index contributed by atoms with van der Waals surface area (Å²) in [6.45, 7) is 3.43. The van der Waals surface area contributed by atoms with E-state index < -0.39 is 32.5 Å². The molecule has 0 saturated heterocycles. The third-order valence-corrected chi connectivity index (χ3v) is 9.53. The lowest BCUT2D eigenvalue weighted by molar-refractivity contribution is -0.161. The predicted octanol–water partition coefficient (Wildman–Crippen LogP) is 11.6. The van der Waals surface area contributed by atoms with E-state index in [4.69, 9.17) is 24.3 Å². The minimum atomic E-state index is -4.42. The summed E-state index contributed by atoms with van der Waals surface area (Å²) in [7, 11) is -4.42. The van der Waals surface area contributed by atoms with Gasteiger partial charge in [-0.15, -0.1) is 0 Å². The fraction of sp³-hybridized carbons (Fsp3) is 0.617. The van der Waals surface area contributed by atoms with Crippen LogP contribution in [0.15, 0.2) is 97.2 Å². The van der Waals surface area contributed by atoms with Gasteiger partial charge >= 0.3 is 19.8 Å². The average molecular weight is 832 g/mol. The first-order valence-corrected chi connectivity index (χ1v) is 23.3. The van der Waals surface area contributed by atoms with Gasteiger partial charge in [0.2, 0.25) is 0 Å². The fourth-order valence-electron chi connectivity index (χ4n) is 5.25. The molecule has 3 atom stereocenters. The molecule has 0 aromatic rings. The molecule has 0 heterocycles. The molecule has 0 radical (unpaired) electrons. The van der Waals surface area contributed by atoms with Gasteiger partial charge in [-0.1, -0.05) is 150 Å². The number of aliphatic hydroxyl groups is 1. The molecule has 0 aliphatic heterocycles. The third kappa shape index (κ3) is 41.1. The summed E-state index contributed by atoms with van der Waals surface area (Å²) in [5.41, 5.74) is 5.34. The molecule has 0 amide bonds. The topological polar surface area (TPSA) is 155 Å². The number of esters is 2. The summed E-state index contributed by atoms with van der Waals surface area (Å²) in [4.78, 5) is 34.9. The minimum absolute atomic E-state index is 0.0281. The van der Waals surface area contributed by atoms with Crippen molar-refractivity contribution in [2.75, 3.05) is 26.4 Å². The summed E-state index contributed by atoms with van der Waals surface area (Å²) in [6.07, 6.45) is 50.5. The Morgan fingerprint density at radius 2 is 1.12 bits per heavy atom. The molecule has 0 spiro atoms. The molecule has 10 nitrogen and oxygen atoms in total. The number of carbonyl (C=O) groups is 2.